The van der Waals surface area contributed by atoms with Crippen molar-refractivity contribution in [3.8, 4) is 0 Å². The maximum absolute atomic E-state index is 3.67. The minimum atomic E-state index is 1.18. The summed E-state index contributed by atoms with van der Waals surface area (Å²) in [6, 6.07) is 0. The number of hydrogen-bond acceptors (Lipinski definition) is 3. The molecule has 0 saturated carbocycles. The van der Waals surface area contributed by atoms with Gasteiger partial charge in [0, 0.05) is 0 Å². The Labute approximate surface area is 159 Å². The lowest BCUT2D eigenvalue weighted by atomic mass is 10.2. The van der Waals surface area contributed by atoms with Crippen LogP contribution in [-0.2, 0) is 0 Å². The number of unbranched alkanes of at least 4 members (excludes halogenated alkanes) is 4. The van der Waals surface area contributed by atoms with Crippen LogP contribution in [0, 0.1) is 0 Å². The van der Waals surface area contributed by atoms with Crippen molar-refractivity contribution in [1.82, 2.24) is 15.1 Å². The molecule has 0 aliphatic heterocycles. The van der Waals surface area contributed by atoms with Crippen LogP contribution in [0.15, 0.2) is 0 Å². The molecule has 0 spiro atoms. The van der Waals surface area contributed by atoms with Crippen LogP contribution in [0.4, 0.5) is 0 Å². The molecule has 0 bridgehead atoms. The zero-order chi connectivity index (χ0) is 18.6. The molecular formula is C22H49N3. The van der Waals surface area contributed by atoms with Gasteiger partial charge < -0.3 is 15.1 Å². The van der Waals surface area contributed by atoms with Crippen molar-refractivity contribution < 1.29 is 0 Å². The van der Waals surface area contributed by atoms with Crippen molar-refractivity contribution >= 4 is 0 Å². The van der Waals surface area contributed by atoms with Crippen LogP contribution in [0.5, 0.6) is 0 Å². The Morgan fingerprint density at radius 1 is 0.440 bits per heavy atom. The molecule has 0 aliphatic carbocycles. The fourth-order valence-electron chi connectivity index (χ4n) is 3.18. The molecular weight excluding hydrogens is 306 g/mol. The van der Waals surface area contributed by atoms with E-state index in [1.807, 2.05) is 0 Å². The zero-order valence-electron chi connectivity index (χ0n) is 18.1. The Kier molecular flexibility index (Phi) is 20.1. The molecule has 0 aromatic carbocycles. The first-order valence-electron chi connectivity index (χ1n) is 11.4. The highest BCUT2D eigenvalue weighted by molar-refractivity contribution is 4.62. The molecule has 25 heavy (non-hydrogen) atoms. The molecule has 3 heteroatoms. The molecule has 0 saturated heterocycles. The summed E-state index contributed by atoms with van der Waals surface area (Å²) in [7, 11) is 0. The molecule has 0 aromatic rings. The van der Waals surface area contributed by atoms with Crippen molar-refractivity contribution in [2.45, 2.75) is 91.9 Å². The van der Waals surface area contributed by atoms with Crippen molar-refractivity contribution in [3.05, 3.63) is 0 Å². The van der Waals surface area contributed by atoms with Crippen LogP contribution in [0.1, 0.15) is 91.9 Å². The summed E-state index contributed by atoms with van der Waals surface area (Å²) < 4.78 is 0. The molecule has 0 radical (unpaired) electrons. The molecule has 0 rings (SSSR count). The van der Waals surface area contributed by atoms with Crippen molar-refractivity contribution in [1.29, 1.82) is 0 Å². The molecule has 0 fully saturated rings. The fraction of sp³-hybridized carbons (Fsp3) is 1.00. The second-order valence-electron chi connectivity index (χ2n) is 7.55. The maximum Gasteiger partial charge on any atom is -0.000664 e. The molecule has 152 valence electrons. The molecule has 0 heterocycles. The van der Waals surface area contributed by atoms with Crippen LogP contribution >= 0.6 is 0 Å². The van der Waals surface area contributed by atoms with E-state index in [9.17, 15) is 0 Å². The van der Waals surface area contributed by atoms with Gasteiger partial charge in [0.25, 0.3) is 0 Å². The first-order chi connectivity index (χ1) is 12.3. The van der Waals surface area contributed by atoms with Crippen LogP contribution in [0.2, 0.25) is 0 Å². The third-order valence-electron chi connectivity index (χ3n) is 4.97. The molecule has 0 unspecified atom stereocenters. The average molecular weight is 356 g/mol. The minimum Gasteiger partial charge on any atom is -0.317 e. The summed E-state index contributed by atoms with van der Waals surface area (Å²) >= 11 is 0. The van der Waals surface area contributed by atoms with Crippen molar-refractivity contribution in [2.75, 3.05) is 52.4 Å². The van der Waals surface area contributed by atoms with Gasteiger partial charge in [-0.05, 0) is 90.9 Å². The first kappa shape index (κ1) is 24.9. The fourth-order valence-corrected chi connectivity index (χ4v) is 3.18. The zero-order valence-corrected chi connectivity index (χ0v) is 18.1. The standard InChI is InChI=1S/C22H49N3/c1-5-9-17-24(18-10-6-2)21-13-15-23-16-14-22-25(19-11-7-3)20-12-8-4/h23H,5-22H2,1-4H3. The van der Waals surface area contributed by atoms with Crippen molar-refractivity contribution in [3.63, 3.8) is 0 Å². The van der Waals surface area contributed by atoms with Gasteiger partial charge in [-0.15, -0.1) is 0 Å². The van der Waals surface area contributed by atoms with Gasteiger partial charge in [0.15, 0.2) is 0 Å². The van der Waals surface area contributed by atoms with Gasteiger partial charge >= 0.3 is 0 Å². The normalized spacial score (nSPS) is 11.8. The molecule has 0 atom stereocenters. The Balaban J connectivity index is 3.69. The van der Waals surface area contributed by atoms with Gasteiger partial charge in [-0.1, -0.05) is 53.4 Å². The van der Waals surface area contributed by atoms with Crippen molar-refractivity contribution in [2.24, 2.45) is 0 Å². The number of nitrogens with one attached hydrogen (secondary N) is 1. The topological polar surface area (TPSA) is 18.5 Å². The second kappa shape index (κ2) is 20.2. The lowest BCUT2D eigenvalue weighted by Crippen LogP contribution is -2.31. The van der Waals surface area contributed by atoms with E-state index < -0.39 is 0 Å². The van der Waals surface area contributed by atoms with Crippen LogP contribution in [-0.4, -0.2) is 62.2 Å². The molecule has 0 aromatic heterocycles. The number of rotatable bonds is 20. The predicted octanol–water partition coefficient (Wildman–Crippen LogP) is 5.16. The summed E-state index contributed by atoms with van der Waals surface area (Å²) in [4.78, 5) is 5.35. The van der Waals surface area contributed by atoms with Gasteiger partial charge in [0.05, 0.1) is 0 Å². The first-order valence-corrected chi connectivity index (χ1v) is 11.4. The second-order valence-corrected chi connectivity index (χ2v) is 7.55. The summed E-state index contributed by atoms with van der Waals surface area (Å²) in [6.07, 6.45) is 13.2. The monoisotopic (exact) mass is 355 g/mol. The van der Waals surface area contributed by atoms with Crippen LogP contribution in [0.3, 0.4) is 0 Å². The third kappa shape index (κ3) is 17.1. The van der Waals surface area contributed by atoms with Gasteiger partial charge in [0.2, 0.25) is 0 Å². The highest BCUT2D eigenvalue weighted by atomic mass is 15.1. The van der Waals surface area contributed by atoms with E-state index in [0.717, 1.165) is 0 Å². The van der Waals surface area contributed by atoms with E-state index in [4.69, 9.17) is 0 Å². The van der Waals surface area contributed by atoms with Gasteiger partial charge in [-0.25, -0.2) is 0 Å². The molecule has 1 N–H and O–H groups in total. The van der Waals surface area contributed by atoms with Crippen LogP contribution < -0.4 is 5.32 Å². The Morgan fingerprint density at radius 2 is 0.720 bits per heavy atom. The average Bonchev–Trinajstić information content (AvgIpc) is 2.63. The maximum atomic E-state index is 3.67. The van der Waals surface area contributed by atoms with E-state index in [2.05, 4.69) is 42.8 Å². The Morgan fingerprint density at radius 3 is 1.00 bits per heavy atom. The number of nitrogens with zero attached hydrogens (tertiary/aromatic N) is 2. The number of hydrogen-bond donors (Lipinski definition) is 1. The SMILES string of the molecule is CCCCN(CCCC)CCCNCCCN(CCCC)CCCC. The summed E-state index contributed by atoms with van der Waals surface area (Å²) in [5, 5.41) is 3.67. The molecule has 0 aliphatic rings. The lowest BCUT2D eigenvalue weighted by molar-refractivity contribution is 0.255. The molecule has 0 amide bonds. The summed E-state index contributed by atoms with van der Waals surface area (Å²) in [5.74, 6) is 0. The quantitative estimate of drug-likeness (QED) is 0.304. The summed E-state index contributed by atoms with van der Waals surface area (Å²) in [5.41, 5.74) is 0. The van der Waals surface area contributed by atoms with Gasteiger partial charge in [-0.3, -0.25) is 0 Å². The Hall–Kier alpha value is -0.120. The highest BCUT2D eigenvalue weighted by Gasteiger charge is 2.04. The van der Waals surface area contributed by atoms with Gasteiger partial charge in [0.1, 0.15) is 0 Å². The lowest BCUT2D eigenvalue weighted by Gasteiger charge is -2.23. The largest absolute Gasteiger partial charge is 0.317 e. The van der Waals surface area contributed by atoms with E-state index in [1.165, 1.54) is 117 Å². The smallest absolute Gasteiger partial charge is 0.000664 e. The molecule has 3 nitrogen and oxygen atoms in total. The third-order valence-corrected chi connectivity index (χ3v) is 4.97. The van der Waals surface area contributed by atoms with E-state index >= 15 is 0 Å². The van der Waals surface area contributed by atoms with E-state index in [0.29, 0.717) is 0 Å². The highest BCUT2D eigenvalue weighted by Crippen LogP contribution is 2.01. The predicted molar refractivity (Wildman–Crippen MR) is 115 cm³/mol. The summed E-state index contributed by atoms with van der Waals surface area (Å²) in [6.45, 7) is 19.2. The Bertz CT molecular complexity index is 205. The van der Waals surface area contributed by atoms with Gasteiger partial charge in [-0.2, -0.15) is 0 Å². The van der Waals surface area contributed by atoms with Crippen LogP contribution in [0.25, 0.3) is 0 Å². The minimum absolute atomic E-state index is 1.18. The van der Waals surface area contributed by atoms with E-state index in [1.54, 1.807) is 0 Å². The van der Waals surface area contributed by atoms with E-state index in [-0.39, 0.29) is 0 Å².